The Kier molecular flexibility index (Phi) is 4.22. The molecule has 0 unspecified atom stereocenters. The van der Waals surface area contributed by atoms with Crippen molar-refractivity contribution in [2.24, 2.45) is 5.41 Å². The number of nitrogens with one attached hydrogen (secondary N) is 1. The number of aliphatic hydroxyl groups is 1. The zero-order valence-corrected chi connectivity index (χ0v) is 11.1. The van der Waals surface area contributed by atoms with E-state index in [0.29, 0.717) is 6.54 Å². The van der Waals surface area contributed by atoms with Gasteiger partial charge in [0.2, 0.25) is 5.91 Å². The van der Waals surface area contributed by atoms with Crippen molar-refractivity contribution >= 4 is 12.0 Å². The molecule has 0 saturated heterocycles. The van der Waals surface area contributed by atoms with E-state index in [1.54, 1.807) is 13.2 Å². The monoisotopic (exact) mass is 261 g/mol. The number of ether oxygens (including phenoxy) is 1. The van der Waals surface area contributed by atoms with Crippen molar-refractivity contribution < 1.29 is 14.6 Å². The molecule has 2 N–H and O–H groups in total. The maximum Gasteiger partial charge on any atom is 0.244 e. The molecule has 19 heavy (non-hydrogen) atoms. The molecule has 4 heteroatoms. The van der Waals surface area contributed by atoms with E-state index in [0.717, 1.165) is 24.2 Å². The molecule has 102 valence electrons. The molecule has 1 aromatic carbocycles. The van der Waals surface area contributed by atoms with Gasteiger partial charge in [0.05, 0.1) is 13.7 Å². The number of hydrogen-bond acceptors (Lipinski definition) is 3. The molecule has 4 nitrogen and oxygen atoms in total. The number of methoxy groups -OCH3 is 1. The Balaban J connectivity index is 1.82. The van der Waals surface area contributed by atoms with Crippen molar-refractivity contribution in [1.82, 2.24) is 5.32 Å². The molecule has 0 bridgehead atoms. The van der Waals surface area contributed by atoms with Gasteiger partial charge in [-0.15, -0.1) is 0 Å². The minimum atomic E-state index is -0.129. The summed E-state index contributed by atoms with van der Waals surface area (Å²) in [5, 5.41) is 12.0. The highest BCUT2D eigenvalue weighted by atomic mass is 16.5. The molecule has 0 atom stereocenters. The maximum atomic E-state index is 11.6. The lowest BCUT2D eigenvalue weighted by atomic mass is 10.1. The molecule has 1 saturated carbocycles. The highest BCUT2D eigenvalue weighted by molar-refractivity contribution is 5.91. The molecule has 0 radical (unpaired) electrons. The standard InChI is InChI=1S/C15H19NO3/c1-19-13-5-2-12(3-6-13)4-7-14(18)16-10-15(11-17)8-9-15/h2-7,17H,8-11H2,1H3,(H,16,18)/b7-4+. The number of carbonyl (C=O) groups is 1. The van der Waals surface area contributed by atoms with Gasteiger partial charge in [-0.3, -0.25) is 4.79 Å². The van der Waals surface area contributed by atoms with Gasteiger partial charge in [-0.2, -0.15) is 0 Å². The molecular formula is C15H19NO3. The normalized spacial score (nSPS) is 16.3. The highest BCUT2D eigenvalue weighted by Crippen LogP contribution is 2.44. The Morgan fingerprint density at radius 2 is 2.11 bits per heavy atom. The predicted molar refractivity (Wildman–Crippen MR) is 73.8 cm³/mol. The number of carbonyl (C=O) groups excluding carboxylic acids is 1. The first-order valence-electron chi connectivity index (χ1n) is 6.38. The average molecular weight is 261 g/mol. The van der Waals surface area contributed by atoms with Crippen LogP contribution in [0, 0.1) is 5.41 Å². The fraction of sp³-hybridized carbons (Fsp3) is 0.400. The Hall–Kier alpha value is -1.81. The SMILES string of the molecule is COc1ccc(/C=C/C(=O)NCC2(CO)CC2)cc1. The van der Waals surface area contributed by atoms with E-state index in [1.807, 2.05) is 24.3 Å². The second-order valence-corrected chi connectivity index (χ2v) is 4.98. The molecule has 0 aliphatic heterocycles. The van der Waals surface area contributed by atoms with Crippen LogP contribution in [0.2, 0.25) is 0 Å². The number of benzene rings is 1. The second kappa shape index (κ2) is 5.89. The van der Waals surface area contributed by atoms with Crippen LogP contribution in [0.25, 0.3) is 6.08 Å². The molecule has 0 heterocycles. The van der Waals surface area contributed by atoms with Gasteiger partial charge in [0.15, 0.2) is 0 Å². The first kappa shape index (κ1) is 13.6. The van der Waals surface area contributed by atoms with Crippen LogP contribution in [0.15, 0.2) is 30.3 Å². The van der Waals surface area contributed by atoms with Crippen molar-refractivity contribution in [1.29, 1.82) is 0 Å². The van der Waals surface area contributed by atoms with Gasteiger partial charge in [0.1, 0.15) is 5.75 Å². The first-order valence-corrected chi connectivity index (χ1v) is 6.38. The van der Waals surface area contributed by atoms with Gasteiger partial charge in [-0.25, -0.2) is 0 Å². The average Bonchev–Trinajstić information content (AvgIpc) is 3.24. The summed E-state index contributed by atoms with van der Waals surface area (Å²) in [6, 6.07) is 7.47. The molecule has 0 aromatic heterocycles. The van der Waals surface area contributed by atoms with E-state index in [9.17, 15) is 4.79 Å². The molecule has 2 rings (SSSR count). The lowest BCUT2D eigenvalue weighted by Gasteiger charge is -2.11. The summed E-state index contributed by atoms with van der Waals surface area (Å²) in [5.74, 6) is 0.663. The summed E-state index contributed by atoms with van der Waals surface area (Å²) < 4.78 is 5.06. The van der Waals surface area contributed by atoms with Crippen molar-refractivity contribution in [3.05, 3.63) is 35.9 Å². The number of rotatable bonds is 6. The summed E-state index contributed by atoms with van der Waals surface area (Å²) in [5.41, 5.74) is 0.892. The van der Waals surface area contributed by atoms with Gasteiger partial charge in [0.25, 0.3) is 0 Å². The van der Waals surface area contributed by atoms with Crippen LogP contribution in [0.4, 0.5) is 0 Å². The molecule has 0 spiro atoms. The minimum absolute atomic E-state index is 0.0520. The molecule has 1 aromatic rings. The zero-order chi connectivity index (χ0) is 13.7. The largest absolute Gasteiger partial charge is 0.497 e. The van der Waals surface area contributed by atoms with Crippen molar-refractivity contribution in [3.63, 3.8) is 0 Å². The quantitative estimate of drug-likeness (QED) is 0.765. The van der Waals surface area contributed by atoms with Crippen LogP contribution >= 0.6 is 0 Å². The topological polar surface area (TPSA) is 58.6 Å². The number of amides is 1. The Morgan fingerprint density at radius 1 is 1.42 bits per heavy atom. The Bertz CT molecular complexity index is 461. The maximum absolute atomic E-state index is 11.6. The van der Waals surface area contributed by atoms with E-state index < -0.39 is 0 Å². The van der Waals surface area contributed by atoms with Crippen LogP contribution in [-0.2, 0) is 4.79 Å². The number of aliphatic hydroxyl groups excluding tert-OH is 1. The molecule has 1 aliphatic rings. The van der Waals surface area contributed by atoms with Crippen molar-refractivity contribution in [3.8, 4) is 5.75 Å². The third kappa shape index (κ3) is 3.83. The molecular weight excluding hydrogens is 242 g/mol. The van der Waals surface area contributed by atoms with Gasteiger partial charge >= 0.3 is 0 Å². The zero-order valence-electron chi connectivity index (χ0n) is 11.1. The third-order valence-electron chi connectivity index (χ3n) is 3.47. The molecule has 1 amide bonds. The summed E-state index contributed by atoms with van der Waals surface area (Å²) in [4.78, 5) is 11.6. The minimum Gasteiger partial charge on any atom is -0.497 e. The lowest BCUT2D eigenvalue weighted by Crippen LogP contribution is -2.30. The fourth-order valence-electron chi connectivity index (χ4n) is 1.79. The summed E-state index contributed by atoms with van der Waals surface area (Å²) >= 11 is 0. The Labute approximate surface area is 113 Å². The first-order chi connectivity index (χ1) is 9.17. The van der Waals surface area contributed by atoms with Crippen LogP contribution in [-0.4, -0.2) is 31.3 Å². The van der Waals surface area contributed by atoms with E-state index in [-0.39, 0.29) is 17.9 Å². The second-order valence-electron chi connectivity index (χ2n) is 4.98. The summed E-state index contributed by atoms with van der Waals surface area (Å²) in [7, 11) is 1.62. The van der Waals surface area contributed by atoms with Gasteiger partial charge < -0.3 is 15.2 Å². The van der Waals surface area contributed by atoms with Gasteiger partial charge in [-0.1, -0.05) is 12.1 Å². The molecule has 1 aliphatic carbocycles. The smallest absolute Gasteiger partial charge is 0.244 e. The van der Waals surface area contributed by atoms with Gasteiger partial charge in [0, 0.05) is 18.0 Å². The van der Waals surface area contributed by atoms with E-state index in [1.165, 1.54) is 6.08 Å². The predicted octanol–water partition coefficient (Wildman–Crippen LogP) is 1.60. The fourth-order valence-corrected chi connectivity index (χ4v) is 1.79. The summed E-state index contributed by atoms with van der Waals surface area (Å²) in [6.45, 7) is 0.699. The Morgan fingerprint density at radius 3 is 2.63 bits per heavy atom. The van der Waals surface area contributed by atoms with Crippen LogP contribution in [0.1, 0.15) is 18.4 Å². The van der Waals surface area contributed by atoms with Gasteiger partial charge in [-0.05, 0) is 36.6 Å². The van der Waals surface area contributed by atoms with Crippen molar-refractivity contribution in [2.75, 3.05) is 20.3 Å². The summed E-state index contributed by atoms with van der Waals surface area (Å²) in [6.07, 6.45) is 5.25. The lowest BCUT2D eigenvalue weighted by molar-refractivity contribution is -0.116. The van der Waals surface area contributed by atoms with Crippen LogP contribution in [0.3, 0.4) is 0 Å². The highest BCUT2D eigenvalue weighted by Gasteiger charge is 2.41. The van der Waals surface area contributed by atoms with Crippen LogP contribution in [0.5, 0.6) is 5.75 Å². The van der Waals surface area contributed by atoms with E-state index >= 15 is 0 Å². The third-order valence-corrected chi connectivity index (χ3v) is 3.47. The van der Waals surface area contributed by atoms with Crippen LogP contribution < -0.4 is 10.1 Å². The molecule has 1 fully saturated rings. The van der Waals surface area contributed by atoms with Crippen molar-refractivity contribution in [2.45, 2.75) is 12.8 Å². The van der Waals surface area contributed by atoms with E-state index in [4.69, 9.17) is 9.84 Å². The number of hydrogen-bond donors (Lipinski definition) is 2. The van der Waals surface area contributed by atoms with E-state index in [2.05, 4.69) is 5.32 Å².